The monoisotopic (exact) mass is 428 g/mol. The van der Waals surface area contributed by atoms with Gasteiger partial charge in [0.1, 0.15) is 5.75 Å². The van der Waals surface area contributed by atoms with E-state index in [0.29, 0.717) is 31.2 Å². The lowest BCUT2D eigenvalue weighted by Crippen LogP contribution is -2.39. The fourth-order valence-electron chi connectivity index (χ4n) is 2.91. The average Bonchev–Trinajstić information content (AvgIpc) is 2.63. The number of carbonyl (C=O) groups excluding carboxylic acids is 1. The maximum atomic E-state index is 12.5. The molecule has 0 atom stereocenters. The van der Waals surface area contributed by atoms with Gasteiger partial charge < -0.3 is 20.7 Å². The lowest BCUT2D eigenvalue weighted by Gasteiger charge is -2.24. The number of aliphatic imine (C=N–C) groups is 1. The summed E-state index contributed by atoms with van der Waals surface area (Å²) < 4.78 is 42.5. The van der Waals surface area contributed by atoms with Gasteiger partial charge >= 0.3 is 6.18 Å². The first-order valence-electron chi connectivity index (χ1n) is 10.4. The van der Waals surface area contributed by atoms with Crippen molar-refractivity contribution in [2.75, 3.05) is 26.2 Å². The third-order valence-corrected chi connectivity index (χ3v) is 4.79. The molecule has 1 aromatic rings. The first-order chi connectivity index (χ1) is 14.3. The van der Waals surface area contributed by atoms with Crippen LogP contribution < -0.4 is 20.7 Å². The summed E-state index contributed by atoms with van der Waals surface area (Å²) in [7, 11) is 0. The van der Waals surface area contributed by atoms with Crippen molar-refractivity contribution in [3.05, 3.63) is 29.3 Å². The normalized spacial score (nSPS) is 14.8. The van der Waals surface area contributed by atoms with Gasteiger partial charge in [0.05, 0.1) is 6.54 Å². The summed E-state index contributed by atoms with van der Waals surface area (Å²) in [6, 6.07) is 5.13. The van der Waals surface area contributed by atoms with Gasteiger partial charge in [-0.3, -0.25) is 4.79 Å². The van der Waals surface area contributed by atoms with Gasteiger partial charge in [-0.25, -0.2) is 4.99 Å². The van der Waals surface area contributed by atoms with Crippen molar-refractivity contribution in [1.82, 2.24) is 16.0 Å². The van der Waals surface area contributed by atoms with Crippen LogP contribution in [0.5, 0.6) is 5.75 Å². The molecule has 0 radical (unpaired) electrons. The second-order valence-electron chi connectivity index (χ2n) is 7.41. The number of benzene rings is 1. The summed E-state index contributed by atoms with van der Waals surface area (Å²) in [6.07, 6.45) is -0.557. The highest BCUT2D eigenvalue weighted by Gasteiger charge is 2.29. The summed E-state index contributed by atoms with van der Waals surface area (Å²) in [6.45, 7) is 4.43. The molecule has 1 fully saturated rings. The second kappa shape index (κ2) is 11.7. The average molecular weight is 428 g/mol. The number of halogens is 3. The fourth-order valence-corrected chi connectivity index (χ4v) is 2.91. The molecule has 0 heterocycles. The largest absolute Gasteiger partial charge is 0.484 e. The van der Waals surface area contributed by atoms with Crippen molar-refractivity contribution in [2.24, 2.45) is 10.9 Å². The molecule has 6 nitrogen and oxygen atoms in total. The van der Waals surface area contributed by atoms with Crippen LogP contribution in [-0.4, -0.2) is 44.3 Å². The number of rotatable bonds is 10. The summed E-state index contributed by atoms with van der Waals surface area (Å²) in [4.78, 5) is 16.3. The van der Waals surface area contributed by atoms with E-state index < -0.39 is 12.8 Å². The number of aryl methyl sites for hydroxylation is 1. The molecule has 0 aliphatic heterocycles. The maximum absolute atomic E-state index is 12.5. The van der Waals surface area contributed by atoms with Crippen LogP contribution in [0.4, 0.5) is 13.2 Å². The van der Waals surface area contributed by atoms with Crippen LogP contribution in [-0.2, 0) is 11.3 Å². The van der Waals surface area contributed by atoms with Crippen LogP contribution in [0, 0.1) is 12.8 Å². The number of carbonyl (C=O) groups is 1. The van der Waals surface area contributed by atoms with Crippen LogP contribution in [0.1, 0.15) is 43.7 Å². The number of amides is 1. The Kier molecular flexibility index (Phi) is 9.26. The first-order valence-corrected chi connectivity index (χ1v) is 10.4. The van der Waals surface area contributed by atoms with Crippen LogP contribution >= 0.6 is 0 Å². The number of nitrogens with one attached hydrogen (secondary N) is 3. The Balaban J connectivity index is 1.84. The van der Waals surface area contributed by atoms with E-state index in [1.807, 2.05) is 13.0 Å². The van der Waals surface area contributed by atoms with Crippen molar-refractivity contribution in [3.63, 3.8) is 0 Å². The molecule has 1 aliphatic rings. The van der Waals surface area contributed by atoms with Gasteiger partial charge in [0, 0.05) is 31.1 Å². The van der Waals surface area contributed by atoms with E-state index in [4.69, 9.17) is 4.74 Å². The Morgan fingerprint density at radius 2 is 1.93 bits per heavy atom. The Morgan fingerprint density at radius 1 is 1.20 bits per heavy atom. The van der Waals surface area contributed by atoms with Gasteiger partial charge in [0.2, 0.25) is 5.91 Å². The minimum atomic E-state index is -4.39. The number of hydrogen-bond acceptors (Lipinski definition) is 3. The van der Waals surface area contributed by atoms with Crippen LogP contribution in [0.3, 0.4) is 0 Å². The molecule has 9 heteroatoms. The number of hydrogen-bond donors (Lipinski definition) is 3. The number of nitrogens with zero attached hydrogens (tertiary/aromatic N) is 1. The quantitative estimate of drug-likeness (QED) is 0.304. The van der Waals surface area contributed by atoms with Crippen molar-refractivity contribution in [2.45, 2.75) is 52.3 Å². The SMILES string of the molecule is CCNC(=NCc1ccc(C)cc1OCC(F)(F)F)NCCCNC(=O)C1CCC1. The highest BCUT2D eigenvalue weighted by Crippen LogP contribution is 2.26. The van der Waals surface area contributed by atoms with Gasteiger partial charge in [0.25, 0.3) is 0 Å². The Labute approximate surface area is 175 Å². The predicted molar refractivity (Wildman–Crippen MR) is 111 cm³/mol. The minimum absolute atomic E-state index is 0.132. The van der Waals surface area contributed by atoms with E-state index in [2.05, 4.69) is 20.9 Å². The summed E-state index contributed by atoms with van der Waals surface area (Å²) in [5.74, 6) is 1.06. The third-order valence-electron chi connectivity index (χ3n) is 4.79. The van der Waals surface area contributed by atoms with Crippen molar-refractivity contribution in [1.29, 1.82) is 0 Å². The highest BCUT2D eigenvalue weighted by atomic mass is 19.4. The van der Waals surface area contributed by atoms with E-state index >= 15 is 0 Å². The molecular weight excluding hydrogens is 397 g/mol. The predicted octanol–water partition coefficient (Wildman–Crippen LogP) is 3.30. The zero-order valence-corrected chi connectivity index (χ0v) is 17.6. The molecule has 30 heavy (non-hydrogen) atoms. The number of guanidine groups is 1. The van der Waals surface area contributed by atoms with Crippen LogP contribution in [0.25, 0.3) is 0 Å². The molecule has 1 aromatic carbocycles. The number of ether oxygens (including phenoxy) is 1. The van der Waals surface area contributed by atoms with Gasteiger partial charge in [-0.1, -0.05) is 18.6 Å². The molecule has 3 N–H and O–H groups in total. The molecule has 0 spiro atoms. The Hall–Kier alpha value is -2.45. The molecule has 2 rings (SSSR count). The summed E-state index contributed by atoms with van der Waals surface area (Å²) in [5.41, 5.74) is 1.39. The second-order valence-corrected chi connectivity index (χ2v) is 7.41. The standard InChI is InChI=1S/C21H31F3N4O2/c1-3-25-20(27-11-5-10-26-19(29)16-6-4-7-16)28-13-17-9-8-15(2)12-18(17)30-14-21(22,23)24/h8-9,12,16H,3-7,10-11,13-14H2,1-2H3,(H,26,29)(H2,25,27,28). The van der Waals surface area contributed by atoms with Crippen LogP contribution in [0.2, 0.25) is 0 Å². The van der Waals surface area contributed by atoms with Gasteiger partial charge in [-0.05, 0) is 44.7 Å². The summed E-state index contributed by atoms with van der Waals surface area (Å²) >= 11 is 0. The van der Waals surface area contributed by atoms with Crippen molar-refractivity contribution >= 4 is 11.9 Å². The molecule has 0 bridgehead atoms. The van der Waals surface area contributed by atoms with Crippen LogP contribution in [0.15, 0.2) is 23.2 Å². The van der Waals surface area contributed by atoms with Crippen molar-refractivity contribution < 1.29 is 22.7 Å². The molecule has 168 valence electrons. The fraction of sp³-hybridized carbons (Fsp3) is 0.619. The van der Waals surface area contributed by atoms with E-state index in [9.17, 15) is 18.0 Å². The third kappa shape index (κ3) is 8.51. The van der Waals surface area contributed by atoms with Crippen molar-refractivity contribution in [3.8, 4) is 5.75 Å². The molecule has 1 saturated carbocycles. The maximum Gasteiger partial charge on any atom is 0.422 e. The zero-order valence-electron chi connectivity index (χ0n) is 17.6. The lowest BCUT2D eigenvalue weighted by atomic mass is 9.85. The molecule has 0 saturated heterocycles. The molecular formula is C21H31F3N4O2. The first kappa shape index (κ1) is 23.8. The van der Waals surface area contributed by atoms with E-state index in [0.717, 1.165) is 31.2 Å². The molecule has 0 unspecified atom stereocenters. The van der Waals surface area contributed by atoms with Gasteiger partial charge in [-0.15, -0.1) is 0 Å². The van der Waals surface area contributed by atoms with E-state index in [1.165, 1.54) is 0 Å². The van der Waals surface area contributed by atoms with Gasteiger partial charge in [0.15, 0.2) is 12.6 Å². The topological polar surface area (TPSA) is 74.8 Å². The molecule has 1 aliphatic carbocycles. The Morgan fingerprint density at radius 3 is 2.57 bits per heavy atom. The smallest absolute Gasteiger partial charge is 0.422 e. The minimum Gasteiger partial charge on any atom is -0.484 e. The van der Waals surface area contributed by atoms with E-state index in [-0.39, 0.29) is 24.1 Å². The lowest BCUT2D eigenvalue weighted by molar-refractivity contribution is -0.153. The number of alkyl halides is 3. The molecule has 0 aromatic heterocycles. The highest BCUT2D eigenvalue weighted by molar-refractivity contribution is 5.80. The summed E-state index contributed by atoms with van der Waals surface area (Å²) in [5, 5.41) is 9.22. The zero-order chi connectivity index (χ0) is 22.0. The molecule has 1 amide bonds. The van der Waals surface area contributed by atoms with Gasteiger partial charge in [-0.2, -0.15) is 13.2 Å². The Bertz CT molecular complexity index is 719. The van der Waals surface area contributed by atoms with E-state index in [1.54, 1.807) is 19.1 Å².